The van der Waals surface area contributed by atoms with Gasteiger partial charge in [0.2, 0.25) is 5.88 Å². The maximum Gasteiger partial charge on any atom is 0.341 e. The Morgan fingerprint density at radius 3 is 2.81 bits per heavy atom. The lowest BCUT2D eigenvalue weighted by Gasteiger charge is -2.26. The van der Waals surface area contributed by atoms with Crippen LogP contribution in [0.4, 0.5) is 10.6 Å². The van der Waals surface area contributed by atoms with Crippen LogP contribution in [0.1, 0.15) is 19.3 Å². The molecule has 1 aromatic heterocycles. The predicted octanol–water partition coefficient (Wildman–Crippen LogP) is 4.14. The van der Waals surface area contributed by atoms with Gasteiger partial charge >= 0.3 is 6.03 Å². The Morgan fingerprint density at radius 2 is 2.04 bits per heavy atom. The molecule has 0 aliphatic carbocycles. The van der Waals surface area contributed by atoms with Crippen molar-refractivity contribution in [2.45, 2.75) is 25.4 Å². The van der Waals surface area contributed by atoms with E-state index in [0.717, 1.165) is 19.3 Å². The standard InChI is InChI=1S/C17H16Cl2N4O3/c18-10-9-11(19)16(26-13-6-2-1-5-12(13)24)20-15(10)23-17(25)22-8-4-3-7-14(22)21-23/h1-2,5-6,9,14,21,24H,3-4,7-8H2. The number of carbonyl (C=O) groups is 1. The lowest BCUT2D eigenvalue weighted by atomic mass is 10.1. The number of piperidine rings is 1. The fraction of sp³-hybridized carbons (Fsp3) is 0.294. The first-order valence-corrected chi connectivity index (χ1v) is 8.99. The Hall–Kier alpha value is -2.22. The van der Waals surface area contributed by atoms with E-state index in [2.05, 4.69) is 10.4 Å². The molecule has 1 unspecified atom stereocenters. The van der Waals surface area contributed by atoms with Crippen molar-refractivity contribution in [1.82, 2.24) is 15.3 Å². The third kappa shape index (κ3) is 3.02. The third-order valence-electron chi connectivity index (χ3n) is 4.38. The van der Waals surface area contributed by atoms with Crippen LogP contribution in [0.2, 0.25) is 10.0 Å². The van der Waals surface area contributed by atoms with E-state index in [1.54, 1.807) is 23.1 Å². The molecule has 7 nitrogen and oxygen atoms in total. The lowest BCUT2D eigenvalue weighted by molar-refractivity contribution is 0.179. The highest BCUT2D eigenvalue weighted by atomic mass is 35.5. The van der Waals surface area contributed by atoms with Gasteiger partial charge in [-0.15, -0.1) is 0 Å². The van der Waals surface area contributed by atoms with Crippen LogP contribution in [0.3, 0.4) is 0 Å². The van der Waals surface area contributed by atoms with Crippen LogP contribution in [-0.2, 0) is 0 Å². The molecule has 0 bridgehead atoms. The molecule has 9 heteroatoms. The van der Waals surface area contributed by atoms with E-state index in [0.29, 0.717) is 6.54 Å². The zero-order valence-electron chi connectivity index (χ0n) is 13.7. The molecule has 136 valence electrons. The number of amides is 2. The van der Waals surface area contributed by atoms with Gasteiger partial charge in [0.15, 0.2) is 17.3 Å². The first-order chi connectivity index (χ1) is 12.5. The number of hydrazine groups is 1. The second-order valence-electron chi connectivity index (χ2n) is 6.10. The van der Waals surface area contributed by atoms with E-state index in [1.807, 2.05) is 0 Å². The number of pyridine rings is 1. The summed E-state index contributed by atoms with van der Waals surface area (Å²) in [6, 6.07) is 7.72. The van der Waals surface area contributed by atoms with E-state index in [-0.39, 0.29) is 45.4 Å². The number of phenolic OH excluding ortho intramolecular Hbond substituents is 1. The molecular formula is C17H16Cl2N4O3. The van der Waals surface area contributed by atoms with Gasteiger partial charge in [-0.05, 0) is 37.5 Å². The smallest absolute Gasteiger partial charge is 0.341 e. The quantitative estimate of drug-likeness (QED) is 0.817. The molecule has 0 saturated carbocycles. The molecule has 2 fully saturated rings. The van der Waals surface area contributed by atoms with E-state index < -0.39 is 0 Å². The van der Waals surface area contributed by atoms with Crippen LogP contribution in [0.25, 0.3) is 0 Å². The molecule has 0 spiro atoms. The highest BCUT2D eigenvalue weighted by Gasteiger charge is 2.40. The fourth-order valence-corrected chi connectivity index (χ4v) is 3.58. The van der Waals surface area contributed by atoms with Gasteiger partial charge in [-0.1, -0.05) is 35.3 Å². The topological polar surface area (TPSA) is 77.9 Å². The molecule has 1 aromatic carbocycles. The molecule has 2 saturated heterocycles. The van der Waals surface area contributed by atoms with Gasteiger partial charge < -0.3 is 14.7 Å². The minimum Gasteiger partial charge on any atom is -0.504 e. The summed E-state index contributed by atoms with van der Waals surface area (Å²) in [6.07, 6.45) is 2.83. The summed E-state index contributed by atoms with van der Waals surface area (Å²) in [5.74, 6) is 0.413. The van der Waals surface area contributed by atoms with Crippen molar-refractivity contribution in [1.29, 1.82) is 0 Å². The van der Waals surface area contributed by atoms with Crippen LogP contribution in [0, 0.1) is 0 Å². The average molecular weight is 395 g/mol. The summed E-state index contributed by atoms with van der Waals surface area (Å²) < 4.78 is 5.62. The number of aromatic nitrogens is 1. The summed E-state index contributed by atoms with van der Waals surface area (Å²) >= 11 is 12.5. The molecule has 2 amide bonds. The number of hydrogen-bond donors (Lipinski definition) is 2. The SMILES string of the molecule is O=C1N(c2nc(Oc3ccccc3O)c(Cl)cc2Cl)NC2CCCCN12. The molecule has 2 aliphatic heterocycles. The van der Waals surface area contributed by atoms with Gasteiger partial charge in [0.1, 0.15) is 11.2 Å². The highest BCUT2D eigenvalue weighted by Crippen LogP contribution is 2.38. The second-order valence-corrected chi connectivity index (χ2v) is 6.92. The maximum atomic E-state index is 12.7. The van der Waals surface area contributed by atoms with Crippen molar-refractivity contribution in [3.63, 3.8) is 0 Å². The zero-order valence-corrected chi connectivity index (χ0v) is 15.2. The van der Waals surface area contributed by atoms with E-state index in [9.17, 15) is 9.90 Å². The molecule has 4 rings (SSSR count). The Labute approximate surface area is 160 Å². The number of nitrogens with one attached hydrogen (secondary N) is 1. The first kappa shape index (κ1) is 17.2. The number of para-hydroxylation sites is 2. The van der Waals surface area contributed by atoms with Crippen molar-refractivity contribution >= 4 is 35.1 Å². The van der Waals surface area contributed by atoms with Gasteiger partial charge in [-0.2, -0.15) is 4.98 Å². The predicted molar refractivity (Wildman–Crippen MR) is 97.8 cm³/mol. The van der Waals surface area contributed by atoms with Crippen LogP contribution in [0.5, 0.6) is 17.4 Å². The Bertz CT molecular complexity index is 864. The molecule has 2 aromatic rings. The average Bonchev–Trinajstić information content (AvgIpc) is 2.96. The van der Waals surface area contributed by atoms with Gasteiger partial charge in [-0.3, -0.25) is 0 Å². The summed E-state index contributed by atoms with van der Waals surface area (Å²) in [6.45, 7) is 0.694. The number of urea groups is 1. The number of nitrogens with zero attached hydrogens (tertiary/aromatic N) is 3. The van der Waals surface area contributed by atoms with Crippen molar-refractivity contribution in [2.24, 2.45) is 0 Å². The largest absolute Gasteiger partial charge is 0.504 e. The number of hydrogen-bond acceptors (Lipinski definition) is 5. The molecule has 1 atom stereocenters. The van der Waals surface area contributed by atoms with Crippen molar-refractivity contribution in [2.75, 3.05) is 11.6 Å². The van der Waals surface area contributed by atoms with Crippen molar-refractivity contribution < 1.29 is 14.6 Å². The zero-order chi connectivity index (χ0) is 18.3. The number of benzene rings is 1. The number of ether oxygens (including phenoxy) is 1. The minimum absolute atomic E-state index is 0.0469. The molecule has 0 radical (unpaired) electrons. The first-order valence-electron chi connectivity index (χ1n) is 8.23. The molecule has 2 N–H and O–H groups in total. The molecule has 26 heavy (non-hydrogen) atoms. The summed E-state index contributed by atoms with van der Waals surface area (Å²) in [4.78, 5) is 18.8. The Kier molecular flexibility index (Phi) is 4.52. The lowest BCUT2D eigenvalue weighted by Crippen LogP contribution is -2.40. The Balaban J connectivity index is 1.67. The number of rotatable bonds is 3. The normalized spacial score (nSPS) is 19.6. The number of aromatic hydroxyl groups is 1. The van der Waals surface area contributed by atoms with Crippen LogP contribution in [0.15, 0.2) is 30.3 Å². The summed E-state index contributed by atoms with van der Waals surface area (Å²) in [7, 11) is 0. The van der Waals surface area contributed by atoms with Crippen molar-refractivity contribution in [3.8, 4) is 17.4 Å². The van der Waals surface area contributed by atoms with E-state index in [4.69, 9.17) is 27.9 Å². The second kappa shape index (κ2) is 6.83. The summed E-state index contributed by atoms with van der Waals surface area (Å²) in [5.41, 5.74) is 3.14. The van der Waals surface area contributed by atoms with Crippen LogP contribution in [-0.4, -0.2) is 33.7 Å². The van der Waals surface area contributed by atoms with Gasteiger partial charge in [-0.25, -0.2) is 15.2 Å². The maximum absolute atomic E-state index is 12.7. The van der Waals surface area contributed by atoms with E-state index in [1.165, 1.54) is 17.1 Å². The highest BCUT2D eigenvalue weighted by molar-refractivity contribution is 6.37. The Morgan fingerprint density at radius 1 is 1.23 bits per heavy atom. The number of anilines is 1. The number of halogens is 2. The van der Waals surface area contributed by atoms with Gasteiger partial charge in [0.25, 0.3) is 0 Å². The minimum atomic E-state index is -0.208. The molecule has 3 heterocycles. The van der Waals surface area contributed by atoms with Crippen LogP contribution >= 0.6 is 23.2 Å². The number of carbonyl (C=O) groups excluding carboxylic acids is 1. The van der Waals surface area contributed by atoms with Gasteiger partial charge in [0.05, 0.1) is 5.02 Å². The molecular weight excluding hydrogens is 379 g/mol. The van der Waals surface area contributed by atoms with Crippen molar-refractivity contribution in [3.05, 3.63) is 40.4 Å². The monoisotopic (exact) mass is 394 g/mol. The van der Waals surface area contributed by atoms with E-state index >= 15 is 0 Å². The third-order valence-corrected chi connectivity index (χ3v) is 4.93. The number of phenols is 1. The molecule has 2 aliphatic rings. The number of fused-ring (bicyclic) bond motifs is 1. The fourth-order valence-electron chi connectivity index (χ4n) is 3.10. The van der Waals surface area contributed by atoms with Gasteiger partial charge in [0, 0.05) is 6.54 Å². The summed E-state index contributed by atoms with van der Waals surface area (Å²) in [5, 5.41) is 11.6. The van der Waals surface area contributed by atoms with Crippen LogP contribution < -0.4 is 15.2 Å².